The van der Waals surface area contributed by atoms with Crippen LogP contribution in [0.3, 0.4) is 0 Å². The van der Waals surface area contributed by atoms with E-state index in [4.69, 9.17) is 14.2 Å². The number of hydrogen-bond donors (Lipinski definition) is 0. The van der Waals surface area contributed by atoms with Crippen LogP contribution in [0, 0.1) is 6.92 Å². The van der Waals surface area contributed by atoms with Crippen molar-refractivity contribution < 1.29 is 19.0 Å². The number of ether oxygens (including phenoxy) is 3. The van der Waals surface area contributed by atoms with Crippen molar-refractivity contribution >= 4 is 11.7 Å². The Balaban J connectivity index is 1.90. The van der Waals surface area contributed by atoms with Crippen LogP contribution in [-0.2, 0) is 9.47 Å². The molecule has 1 fully saturated rings. The van der Waals surface area contributed by atoms with Crippen molar-refractivity contribution in [3.63, 3.8) is 0 Å². The molecule has 2 unspecified atom stereocenters. The number of carbonyl (C=O) groups is 1. The van der Waals surface area contributed by atoms with Gasteiger partial charge in [-0.3, -0.25) is 4.90 Å². The fraction of sp³-hybridized carbons (Fsp3) is 0.550. The molecule has 0 spiro atoms. The number of hydrogen-bond acceptors (Lipinski definition) is 4. The lowest BCUT2D eigenvalue weighted by molar-refractivity contribution is -0.0510. The predicted molar refractivity (Wildman–Crippen MR) is 96.8 cm³/mol. The average molecular weight is 345 g/mol. The molecule has 5 heteroatoms. The van der Waals surface area contributed by atoms with Crippen molar-refractivity contribution in [1.29, 1.82) is 0 Å². The highest BCUT2D eigenvalue weighted by Crippen LogP contribution is 2.37. The van der Waals surface area contributed by atoms with Crippen molar-refractivity contribution in [3.05, 3.63) is 35.4 Å². The number of nitrogens with zero attached hydrogens (tertiary/aromatic N) is 1. The molecule has 1 aromatic rings. The molecule has 1 amide bonds. The Labute approximate surface area is 149 Å². The summed E-state index contributed by atoms with van der Waals surface area (Å²) in [6, 6.07) is 6.11. The van der Waals surface area contributed by atoms with Gasteiger partial charge in [0.25, 0.3) is 0 Å². The third-order valence-corrected chi connectivity index (χ3v) is 4.51. The minimum Gasteiger partial charge on any atom is -0.496 e. The molecule has 2 heterocycles. The minimum absolute atomic E-state index is 0.0143. The summed E-state index contributed by atoms with van der Waals surface area (Å²) >= 11 is 0. The molecule has 1 saturated heterocycles. The van der Waals surface area contributed by atoms with Crippen LogP contribution in [-0.4, -0.2) is 49.0 Å². The maximum atomic E-state index is 12.6. The van der Waals surface area contributed by atoms with Gasteiger partial charge in [0.05, 0.1) is 32.4 Å². The maximum Gasteiger partial charge on any atom is 0.411 e. The standard InChI is InChI=1S/C20H27NO4/c1-13-6-7-17(18(8-13)23-5)14-9-15-11-24-12-16(10-14)21(15)19(22)25-20(2,3)4/h6-9,15-16H,10-12H2,1-5H3. The first-order valence-electron chi connectivity index (χ1n) is 8.73. The molecule has 3 rings (SSSR count). The Morgan fingerprint density at radius 1 is 1.28 bits per heavy atom. The van der Waals surface area contributed by atoms with Crippen molar-refractivity contribution in [2.24, 2.45) is 0 Å². The van der Waals surface area contributed by atoms with Crippen LogP contribution in [0.15, 0.2) is 24.3 Å². The van der Waals surface area contributed by atoms with Gasteiger partial charge in [0.1, 0.15) is 11.4 Å². The van der Waals surface area contributed by atoms with Crippen LogP contribution in [0.1, 0.15) is 38.3 Å². The molecule has 0 radical (unpaired) electrons. The number of aryl methyl sites for hydroxylation is 1. The van der Waals surface area contributed by atoms with Crippen LogP contribution < -0.4 is 4.74 Å². The Hall–Kier alpha value is -2.01. The molecular weight excluding hydrogens is 318 g/mol. The molecule has 2 atom stereocenters. The zero-order valence-electron chi connectivity index (χ0n) is 15.7. The van der Waals surface area contributed by atoms with Gasteiger partial charge in [0, 0.05) is 5.56 Å². The van der Waals surface area contributed by atoms with Gasteiger partial charge in [-0.1, -0.05) is 18.2 Å². The van der Waals surface area contributed by atoms with Gasteiger partial charge in [-0.25, -0.2) is 4.79 Å². The Kier molecular flexibility index (Phi) is 4.78. The van der Waals surface area contributed by atoms with E-state index in [-0.39, 0.29) is 18.2 Å². The third-order valence-electron chi connectivity index (χ3n) is 4.51. The van der Waals surface area contributed by atoms with Crippen LogP contribution in [0.2, 0.25) is 0 Å². The first-order valence-corrected chi connectivity index (χ1v) is 8.73. The molecule has 25 heavy (non-hydrogen) atoms. The lowest BCUT2D eigenvalue weighted by atomic mass is 9.89. The van der Waals surface area contributed by atoms with Gasteiger partial charge in [0.15, 0.2) is 0 Å². The molecule has 136 valence electrons. The fourth-order valence-electron chi connectivity index (χ4n) is 3.46. The van der Waals surface area contributed by atoms with Crippen molar-refractivity contribution in [2.45, 2.75) is 51.8 Å². The van der Waals surface area contributed by atoms with Gasteiger partial charge in [-0.2, -0.15) is 0 Å². The molecule has 2 bridgehead atoms. The normalized spacial score (nSPS) is 23.1. The zero-order chi connectivity index (χ0) is 18.2. The summed E-state index contributed by atoms with van der Waals surface area (Å²) in [5.74, 6) is 0.871. The number of rotatable bonds is 2. The molecule has 0 aliphatic carbocycles. The van der Waals surface area contributed by atoms with E-state index in [0.717, 1.165) is 23.3 Å². The van der Waals surface area contributed by atoms with E-state index < -0.39 is 5.60 Å². The average Bonchev–Trinajstić information content (AvgIpc) is 2.51. The van der Waals surface area contributed by atoms with E-state index in [9.17, 15) is 4.79 Å². The monoisotopic (exact) mass is 345 g/mol. The largest absolute Gasteiger partial charge is 0.496 e. The summed E-state index contributed by atoms with van der Waals surface area (Å²) < 4.78 is 16.8. The van der Waals surface area contributed by atoms with Crippen LogP contribution in [0.25, 0.3) is 5.57 Å². The number of morpholine rings is 1. The SMILES string of the molecule is COc1cc(C)ccc1C1=CC2COCC(C1)N2C(=O)OC(C)(C)C. The molecule has 5 nitrogen and oxygen atoms in total. The summed E-state index contributed by atoms with van der Waals surface area (Å²) in [5.41, 5.74) is 2.95. The third kappa shape index (κ3) is 3.82. The molecule has 2 aliphatic rings. The van der Waals surface area contributed by atoms with Gasteiger partial charge >= 0.3 is 6.09 Å². The summed E-state index contributed by atoms with van der Waals surface area (Å²) in [6.45, 7) is 8.74. The summed E-state index contributed by atoms with van der Waals surface area (Å²) in [5, 5.41) is 0. The summed E-state index contributed by atoms with van der Waals surface area (Å²) in [7, 11) is 1.69. The quantitative estimate of drug-likeness (QED) is 0.818. The topological polar surface area (TPSA) is 48.0 Å². The number of benzene rings is 1. The highest BCUT2D eigenvalue weighted by molar-refractivity contribution is 5.77. The van der Waals surface area contributed by atoms with E-state index in [2.05, 4.69) is 18.2 Å². The lowest BCUT2D eigenvalue weighted by Gasteiger charge is -2.44. The first kappa shape index (κ1) is 17.8. The molecule has 2 aliphatic heterocycles. The summed E-state index contributed by atoms with van der Waals surface area (Å²) in [4.78, 5) is 14.5. The highest BCUT2D eigenvalue weighted by Gasteiger charge is 2.40. The predicted octanol–water partition coefficient (Wildman–Crippen LogP) is 3.80. The van der Waals surface area contributed by atoms with Crippen molar-refractivity contribution in [3.8, 4) is 5.75 Å². The van der Waals surface area contributed by atoms with E-state index in [1.54, 1.807) is 7.11 Å². The van der Waals surface area contributed by atoms with E-state index in [1.165, 1.54) is 5.57 Å². The fourth-order valence-corrected chi connectivity index (χ4v) is 3.46. The second-order valence-electron chi connectivity index (χ2n) is 7.75. The van der Waals surface area contributed by atoms with Crippen LogP contribution in [0.4, 0.5) is 4.79 Å². The first-order chi connectivity index (χ1) is 11.8. The lowest BCUT2D eigenvalue weighted by Crippen LogP contribution is -2.57. The number of fused-ring (bicyclic) bond motifs is 2. The van der Waals surface area contributed by atoms with Gasteiger partial charge < -0.3 is 14.2 Å². The summed E-state index contributed by atoms with van der Waals surface area (Å²) in [6.07, 6.45) is 2.58. The molecule has 1 aromatic carbocycles. The second-order valence-corrected chi connectivity index (χ2v) is 7.75. The number of methoxy groups -OCH3 is 1. The van der Waals surface area contributed by atoms with E-state index in [0.29, 0.717) is 13.2 Å². The molecule has 0 N–H and O–H groups in total. The Morgan fingerprint density at radius 2 is 2.04 bits per heavy atom. The van der Waals surface area contributed by atoms with Crippen LogP contribution >= 0.6 is 0 Å². The van der Waals surface area contributed by atoms with Gasteiger partial charge in [-0.15, -0.1) is 0 Å². The highest BCUT2D eigenvalue weighted by atomic mass is 16.6. The number of carbonyl (C=O) groups excluding carboxylic acids is 1. The van der Waals surface area contributed by atoms with Gasteiger partial charge in [-0.05, 0) is 51.3 Å². The van der Waals surface area contributed by atoms with E-state index >= 15 is 0 Å². The smallest absolute Gasteiger partial charge is 0.411 e. The van der Waals surface area contributed by atoms with Gasteiger partial charge in [0.2, 0.25) is 0 Å². The Bertz CT molecular complexity index is 689. The molecule has 0 saturated carbocycles. The maximum absolute atomic E-state index is 12.6. The zero-order valence-corrected chi connectivity index (χ0v) is 15.7. The van der Waals surface area contributed by atoms with Crippen LogP contribution in [0.5, 0.6) is 5.75 Å². The minimum atomic E-state index is -0.504. The molecule has 0 aromatic heterocycles. The van der Waals surface area contributed by atoms with E-state index in [1.807, 2.05) is 38.7 Å². The second kappa shape index (κ2) is 6.71. The number of amides is 1. The van der Waals surface area contributed by atoms with Crippen molar-refractivity contribution in [2.75, 3.05) is 20.3 Å². The molecular formula is C20H27NO4. The Morgan fingerprint density at radius 3 is 2.68 bits per heavy atom. The van der Waals surface area contributed by atoms with Crippen molar-refractivity contribution in [1.82, 2.24) is 4.90 Å².